The fraction of sp³-hybridized carbons (Fsp3) is 0.500. The molecule has 1 unspecified atom stereocenters. The van der Waals surface area contributed by atoms with Crippen molar-refractivity contribution in [1.29, 1.82) is 0 Å². The predicted molar refractivity (Wildman–Crippen MR) is 514 cm³/mol. The number of rotatable bonds is 35. The number of nitro benzene ring substituents is 2. The summed E-state index contributed by atoms with van der Waals surface area (Å²) in [6, 6.07) is 20.4. The lowest BCUT2D eigenvalue weighted by molar-refractivity contribution is -0.385. The number of benzene rings is 4. The molecule has 0 aromatic heterocycles. The van der Waals surface area contributed by atoms with Crippen molar-refractivity contribution >= 4 is 175 Å². The number of hydrogen-bond donors (Lipinski definition) is 7. The Morgan fingerprint density at radius 2 is 0.827 bits per heavy atom. The number of carbonyl (C=O) groups is 14. The molecule has 3 aliphatic heterocycles. The van der Waals surface area contributed by atoms with Gasteiger partial charge in [-0.2, -0.15) is 35.3 Å². The van der Waals surface area contributed by atoms with Crippen molar-refractivity contribution in [2.45, 2.75) is 170 Å². The number of thioether (sulfide) groups is 6. The number of carboxylic acids is 1. The Kier molecular flexibility index (Phi) is 54.5. The molecule has 133 heavy (non-hydrogen) atoms. The molecule has 0 saturated carbocycles. The molecule has 3 fully saturated rings. The Bertz CT molecular complexity index is 4520. The quantitative estimate of drug-likeness (QED) is 0.00428. The van der Waals surface area contributed by atoms with Gasteiger partial charge in [0.1, 0.15) is 61.0 Å². The molecule has 0 aliphatic carbocycles. The summed E-state index contributed by atoms with van der Waals surface area (Å²) < 4.78 is 45.2. The van der Waals surface area contributed by atoms with Crippen molar-refractivity contribution in [2.24, 2.45) is 0 Å². The number of aromatic carboxylic acids is 1. The first-order valence-electron chi connectivity index (χ1n) is 41.1. The molecular formula is C88H122N10O29S6. The average Bonchev–Trinajstić information content (AvgIpc) is 1.71. The number of nitrogens with zero attached hydrogens (tertiary/aromatic N) is 5. The number of nitro groups is 2. The zero-order valence-corrected chi connectivity index (χ0v) is 82.0. The first-order chi connectivity index (χ1) is 62.7. The number of nitrogens with two attached hydrogens (primary N) is 1. The third-order valence-corrected chi connectivity index (χ3v) is 22.5. The van der Waals surface area contributed by atoms with E-state index in [2.05, 4.69) is 50.5 Å². The van der Waals surface area contributed by atoms with E-state index in [1.54, 1.807) is 133 Å². The Labute approximate surface area is 799 Å². The van der Waals surface area contributed by atoms with Crippen molar-refractivity contribution in [2.75, 3.05) is 121 Å². The van der Waals surface area contributed by atoms with Crippen LogP contribution in [-0.2, 0) is 61.8 Å². The van der Waals surface area contributed by atoms with Gasteiger partial charge in [0.05, 0.1) is 61.5 Å². The maximum Gasteiger partial charge on any atom is 0.410 e. The minimum absolute atomic E-state index is 0.0794. The van der Waals surface area contributed by atoms with Gasteiger partial charge in [-0.1, -0.05) is 62.2 Å². The molecule has 3 heterocycles. The number of aliphatic hydroxyl groups is 1. The molecule has 9 atom stereocenters. The molecule has 8 N–H and O–H groups in total. The molecule has 6 amide bonds. The van der Waals surface area contributed by atoms with Gasteiger partial charge < -0.3 is 94.4 Å². The van der Waals surface area contributed by atoms with Gasteiger partial charge in [-0.25, -0.2) is 47.9 Å². The van der Waals surface area contributed by atoms with Gasteiger partial charge in [-0.05, 0) is 221 Å². The van der Waals surface area contributed by atoms with Gasteiger partial charge >= 0.3 is 58.1 Å². The molecule has 3 aliphatic rings. The van der Waals surface area contributed by atoms with Crippen molar-refractivity contribution < 1.29 is 130 Å². The minimum atomic E-state index is -1.17. The zero-order chi connectivity index (χ0) is 100. The van der Waals surface area contributed by atoms with E-state index >= 15 is 0 Å². The van der Waals surface area contributed by atoms with E-state index in [-0.39, 0.29) is 106 Å². The van der Waals surface area contributed by atoms with Crippen molar-refractivity contribution in [3.8, 4) is 0 Å². The number of aldehydes is 1. The first kappa shape index (κ1) is 118. The van der Waals surface area contributed by atoms with Crippen LogP contribution in [0, 0.1) is 20.2 Å². The van der Waals surface area contributed by atoms with Crippen LogP contribution < -0.4 is 27.0 Å². The first-order valence-corrected chi connectivity index (χ1v) is 47.9. The molecule has 3 saturated heterocycles. The maximum absolute atomic E-state index is 12.9. The molecule has 4 aromatic rings. The van der Waals surface area contributed by atoms with Gasteiger partial charge in [0.15, 0.2) is 0 Å². The molecule has 7 rings (SSSR count). The topological polar surface area (TPSA) is 533 Å². The third-order valence-electron chi connectivity index (χ3n) is 17.7. The predicted octanol–water partition coefficient (Wildman–Crippen LogP) is 13.8. The number of hydrogen-bond acceptors (Lipinski definition) is 36. The SMILES string of the molecule is C=CCOC(=O)N1C[C@@H](SC(=O)OC(C)(C)C)C[C@H]1C=O.C=CCOC(=O)N1C[C@@H](SC(=O)OC(C)(C)C)C[C@H]1CNc1cccc(C(=O)NC(CCSC)C(=O)OC)c1.C=CCOC(=O)N1C[C@@H](SC(=O)OC(C)(C)C)C[C@H]1CO.COC(=O)[C@H](CCSC)NC(=O)c1cccc(N)c1.COC(=O)[C@H](CCSC)NC(=O)c1cccc([N+](=O)[O-])c1.O=C(O)c1cccc([N+](=O)[O-])c1. The molecule has 0 spiro atoms. The second-order valence-corrected chi connectivity index (χ2v) is 38.2. The number of nitrogens with one attached hydrogen (secondary N) is 4. The normalized spacial score (nSPS) is 16.4. The minimum Gasteiger partial charge on any atom is -0.478 e. The van der Waals surface area contributed by atoms with E-state index in [9.17, 15) is 92.5 Å². The molecule has 0 radical (unpaired) electrons. The largest absolute Gasteiger partial charge is 0.478 e. The van der Waals surface area contributed by atoms with Crippen LogP contribution in [0.3, 0.4) is 0 Å². The standard InChI is InChI=1S/C27H39N3O7S2.C14H23NO5S.C14H21NO5S.C13H16N2O5S.C13H18N2O3S.C7H5NO4/c1-7-12-36-25(33)30-17-21(39-26(34)37-27(2,3)4)15-20(30)16-28-19-10-8-9-18(14-19)23(31)29-22(11-13-38-6)24(32)35-5;2*1-5-6-19-12(17)15-8-11(7-10(15)9-16)21-13(18)20-14(2,3)4;1-20-13(17)11(6-7-21-2)14-12(16)9-4-3-5-10(8-9)15(18)19;1-18-13(17)11(6-7-19-2)15-12(16)9-4-3-5-10(14)8-9;9-7(10)5-2-1-3-6(4-5)8(11)12/h7-10,14,20-22,28H,1,11-13,15-17H2,2-6H3,(H,29,31);5,10-11,16H,1,6-9H2,2-4H3;5,9-11H,1,6-8H2,2-4H3;3-5,8,11H,6-7H2,1-2H3,(H,14,16);3-5,8,11H,6-7,14H2,1-2H3,(H,15,16);1-4H,(H,9,10)/t20-,21-,22?;2*10-,11-;2*11-;/m00000./s1. The van der Waals surface area contributed by atoms with E-state index in [1.807, 2.05) is 24.8 Å². The summed E-state index contributed by atoms with van der Waals surface area (Å²) in [6.07, 6.45) is 12.2. The van der Waals surface area contributed by atoms with Gasteiger partial charge in [0.2, 0.25) is 0 Å². The summed E-state index contributed by atoms with van der Waals surface area (Å²) in [5, 5.41) is 48.3. The van der Waals surface area contributed by atoms with Crippen LogP contribution in [0.15, 0.2) is 135 Å². The number of anilines is 2. The second-order valence-electron chi connectivity index (χ2n) is 31.6. The fourth-order valence-corrected chi connectivity index (χ4v) is 16.4. The average molecular weight is 1980 g/mol. The van der Waals surface area contributed by atoms with Crippen LogP contribution in [0.5, 0.6) is 0 Å². The lowest BCUT2D eigenvalue weighted by atomic mass is 10.1. The van der Waals surface area contributed by atoms with E-state index in [0.717, 1.165) is 53.2 Å². The highest BCUT2D eigenvalue weighted by atomic mass is 32.2. The van der Waals surface area contributed by atoms with E-state index in [0.29, 0.717) is 98.5 Å². The Morgan fingerprint density at radius 3 is 1.17 bits per heavy atom. The summed E-state index contributed by atoms with van der Waals surface area (Å²) in [5.74, 6) is -1.77. The highest BCUT2D eigenvalue weighted by Gasteiger charge is 2.42. The molecule has 39 nitrogen and oxygen atoms in total. The lowest BCUT2D eigenvalue weighted by Gasteiger charge is -2.24. The number of non-ortho nitro benzene ring substituents is 2. The van der Waals surface area contributed by atoms with Crippen LogP contribution in [0.2, 0.25) is 0 Å². The highest BCUT2D eigenvalue weighted by Crippen LogP contribution is 2.34. The summed E-state index contributed by atoms with van der Waals surface area (Å²) in [7, 11) is 3.84. The summed E-state index contributed by atoms with van der Waals surface area (Å²) in [6.45, 7) is 28.2. The van der Waals surface area contributed by atoms with Gasteiger partial charge in [0.25, 0.3) is 29.1 Å². The molecule has 45 heteroatoms. The Morgan fingerprint density at radius 1 is 0.496 bits per heavy atom. The van der Waals surface area contributed by atoms with E-state index < -0.39 is 104 Å². The Hall–Kier alpha value is -11.3. The number of ether oxygens (including phenoxy) is 9. The highest BCUT2D eigenvalue weighted by molar-refractivity contribution is 8.14. The summed E-state index contributed by atoms with van der Waals surface area (Å²) >= 11 is 7.86. The van der Waals surface area contributed by atoms with Crippen LogP contribution in [0.1, 0.15) is 142 Å². The molecule has 0 bridgehead atoms. The fourth-order valence-electron chi connectivity index (χ4n) is 11.7. The van der Waals surface area contributed by atoms with Gasteiger partial charge in [-0.3, -0.25) is 39.5 Å². The van der Waals surface area contributed by atoms with Crippen molar-refractivity contribution in [3.63, 3.8) is 0 Å². The molecule has 4 aromatic carbocycles. The maximum atomic E-state index is 12.9. The second kappa shape index (κ2) is 61.5. The van der Waals surface area contributed by atoms with Gasteiger partial charge in [0, 0.05) is 94.3 Å². The van der Waals surface area contributed by atoms with Crippen LogP contribution in [-0.4, -0.2) is 296 Å². The number of carboxylic acid groups (broad SMARTS) is 1. The van der Waals surface area contributed by atoms with Gasteiger partial charge in [-0.15, -0.1) is 0 Å². The number of aliphatic hydroxyl groups excluding tert-OH is 1. The zero-order valence-electron chi connectivity index (χ0n) is 77.1. The van der Waals surface area contributed by atoms with Crippen LogP contribution in [0.25, 0.3) is 0 Å². The number of likely N-dealkylation sites (tertiary alicyclic amines) is 3. The lowest BCUT2D eigenvalue weighted by Crippen LogP contribution is -2.42. The van der Waals surface area contributed by atoms with Crippen molar-refractivity contribution in [3.05, 3.63) is 178 Å². The van der Waals surface area contributed by atoms with Crippen molar-refractivity contribution in [1.82, 2.24) is 30.7 Å². The van der Waals surface area contributed by atoms with Crippen LogP contribution >= 0.6 is 70.6 Å². The summed E-state index contributed by atoms with van der Waals surface area (Å²) in [4.78, 5) is 190. The number of methoxy groups -OCH3 is 3. The number of esters is 3. The molecule has 734 valence electrons. The van der Waals surface area contributed by atoms with E-state index in [4.69, 9.17) is 44.0 Å². The van der Waals surface area contributed by atoms with E-state index in [1.165, 1.54) is 97.5 Å². The van der Waals surface area contributed by atoms with Crippen LogP contribution in [0.4, 0.5) is 51.5 Å². The summed E-state index contributed by atoms with van der Waals surface area (Å²) in [5.41, 5.74) is 5.56. The third kappa shape index (κ3) is 46.8. The Balaban J connectivity index is 0.000000560. The monoisotopic (exact) mass is 1970 g/mol. The smallest absolute Gasteiger partial charge is 0.410 e. The number of carbonyl (C=O) groups excluding carboxylic acids is 13. The number of amides is 6. The number of nitrogen functional groups attached to an aromatic ring is 1. The molecular weight excluding hydrogens is 1850 g/mol.